The molecule has 0 amide bonds. The Labute approximate surface area is 80.8 Å². The van der Waals surface area contributed by atoms with Gasteiger partial charge in [0.05, 0.1) is 12.4 Å². The van der Waals surface area contributed by atoms with Crippen molar-refractivity contribution in [3.63, 3.8) is 0 Å². The number of aromatic amines is 2. The fourth-order valence-corrected chi connectivity index (χ4v) is 2.06. The second-order valence-electron chi connectivity index (χ2n) is 1.78. The molecule has 4 N–H and O–H groups in total. The van der Waals surface area contributed by atoms with E-state index in [-0.39, 0.29) is 5.48 Å². The Balaban J connectivity index is 0.000000845. The molecule has 2 aromatic rings. The average Bonchev–Trinajstić information content (AvgIpc) is 2.74. The molecule has 13 heavy (non-hydrogen) atoms. The molecule has 0 saturated carbocycles. The predicted octanol–water partition coefficient (Wildman–Crippen LogP) is -0.103. The Morgan fingerprint density at radius 2 is 1.38 bits per heavy atom. The molecule has 70 valence electrons. The van der Waals surface area contributed by atoms with Gasteiger partial charge in [-0.25, -0.2) is 0 Å². The second kappa shape index (κ2) is 4.84. The van der Waals surface area contributed by atoms with Crippen molar-refractivity contribution in [1.82, 2.24) is 30.8 Å². The fraction of sp³-hybridized carbons (Fsp3) is 0. The zero-order valence-corrected chi connectivity index (χ0v) is 7.89. The molecule has 0 aliphatic heterocycles. The summed E-state index contributed by atoms with van der Waals surface area (Å²) in [5.41, 5.74) is 0. The largest absolute Gasteiger partial charge is 0.412 e. The molecule has 7 nitrogen and oxygen atoms in total. The summed E-state index contributed by atoms with van der Waals surface area (Å²) in [6.45, 7) is 0. The summed E-state index contributed by atoms with van der Waals surface area (Å²) in [7, 11) is 2.95. The van der Waals surface area contributed by atoms with Gasteiger partial charge in [0.25, 0.3) is 0 Å². The highest BCUT2D eigenvalue weighted by Crippen LogP contribution is 2.33. The first kappa shape index (κ1) is 10.0. The van der Waals surface area contributed by atoms with Crippen molar-refractivity contribution in [2.45, 2.75) is 10.1 Å². The van der Waals surface area contributed by atoms with Gasteiger partial charge in [-0.05, 0) is 21.6 Å². The highest BCUT2D eigenvalue weighted by Gasteiger charge is 2.00. The normalized spacial score (nSPS) is 9.54. The van der Waals surface area contributed by atoms with Gasteiger partial charge in [-0.2, -0.15) is 20.6 Å². The molecular formula is C4H6N6OS2. The highest BCUT2D eigenvalue weighted by molar-refractivity contribution is 8.76. The lowest BCUT2D eigenvalue weighted by atomic mass is 11.0. The molecule has 0 radical (unpaired) electrons. The van der Waals surface area contributed by atoms with Crippen LogP contribution in [0.3, 0.4) is 0 Å². The summed E-state index contributed by atoms with van der Waals surface area (Å²) in [6.07, 6.45) is 3.30. The number of hydrogen-bond acceptors (Lipinski definition) is 6. The Morgan fingerprint density at radius 3 is 1.69 bits per heavy atom. The number of aromatic nitrogens is 6. The third kappa shape index (κ3) is 2.72. The van der Waals surface area contributed by atoms with Crippen LogP contribution >= 0.6 is 21.6 Å². The number of H-pyrrole nitrogens is 2. The Hall–Kier alpha value is -1.06. The van der Waals surface area contributed by atoms with Crippen molar-refractivity contribution in [3.05, 3.63) is 12.4 Å². The number of nitrogens with zero attached hydrogens (tertiary/aromatic N) is 4. The van der Waals surface area contributed by atoms with Crippen molar-refractivity contribution in [2.24, 2.45) is 0 Å². The molecule has 0 bridgehead atoms. The van der Waals surface area contributed by atoms with Gasteiger partial charge in [-0.15, -0.1) is 10.2 Å². The zero-order chi connectivity index (χ0) is 8.23. The van der Waals surface area contributed by atoms with Crippen molar-refractivity contribution >= 4 is 21.6 Å². The van der Waals surface area contributed by atoms with E-state index in [4.69, 9.17) is 0 Å². The summed E-state index contributed by atoms with van der Waals surface area (Å²) in [6, 6.07) is 0. The monoisotopic (exact) mass is 218 g/mol. The van der Waals surface area contributed by atoms with Crippen LogP contribution < -0.4 is 0 Å². The van der Waals surface area contributed by atoms with Crippen LogP contribution in [0.25, 0.3) is 0 Å². The lowest BCUT2D eigenvalue weighted by molar-refractivity contribution is 0.824. The van der Waals surface area contributed by atoms with E-state index in [1.165, 1.54) is 21.6 Å². The van der Waals surface area contributed by atoms with Gasteiger partial charge in [0, 0.05) is 0 Å². The van der Waals surface area contributed by atoms with Crippen molar-refractivity contribution in [3.8, 4) is 0 Å². The summed E-state index contributed by atoms with van der Waals surface area (Å²) in [5.74, 6) is 0. The van der Waals surface area contributed by atoms with Gasteiger partial charge in [0.1, 0.15) is 10.1 Å². The van der Waals surface area contributed by atoms with Crippen LogP contribution in [0.1, 0.15) is 0 Å². The third-order valence-electron chi connectivity index (χ3n) is 0.998. The van der Waals surface area contributed by atoms with E-state index >= 15 is 0 Å². The first-order valence-electron chi connectivity index (χ1n) is 3.01. The van der Waals surface area contributed by atoms with E-state index in [1.807, 2.05) is 0 Å². The summed E-state index contributed by atoms with van der Waals surface area (Å²) in [5, 5.41) is 21.8. The van der Waals surface area contributed by atoms with Gasteiger partial charge in [-0.3, -0.25) is 0 Å². The minimum Gasteiger partial charge on any atom is -0.412 e. The topological polar surface area (TPSA) is 115 Å². The molecule has 2 heterocycles. The molecule has 9 heteroatoms. The van der Waals surface area contributed by atoms with Crippen LogP contribution in [0.15, 0.2) is 22.4 Å². The van der Waals surface area contributed by atoms with Gasteiger partial charge in [-0.1, -0.05) is 0 Å². The van der Waals surface area contributed by atoms with E-state index in [1.54, 1.807) is 12.4 Å². The molecule has 0 aliphatic carbocycles. The van der Waals surface area contributed by atoms with Gasteiger partial charge < -0.3 is 5.48 Å². The van der Waals surface area contributed by atoms with E-state index in [2.05, 4.69) is 30.8 Å². The molecule has 0 fully saturated rings. The highest BCUT2D eigenvalue weighted by atomic mass is 33.1. The van der Waals surface area contributed by atoms with Crippen molar-refractivity contribution < 1.29 is 5.48 Å². The first-order valence-corrected chi connectivity index (χ1v) is 5.16. The van der Waals surface area contributed by atoms with Crippen molar-refractivity contribution in [2.75, 3.05) is 0 Å². The third-order valence-corrected chi connectivity index (χ3v) is 3.09. The molecule has 0 aromatic carbocycles. The van der Waals surface area contributed by atoms with E-state index in [0.717, 1.165) is 10.1 Å². The Morgan fingerprint density at radius 1 is 0.923 bits per heavy atom. The Bertz CT molecular complexity index is 286. The van der Waals surface area contributed by atoms with E-state index < -0.39 is 0 Å². The first-order chi connectivity index (χ1) is 5.95. The molecule has 0 aliphatic rings. The standard InChI is InChI=1S/C4H4N6S2.H2O/c1-3(7-9-5-1)11-12-4-2-6-10-8-4;/h1-2H,(H,5,7,9)(H,6,8,10);1H2. The average molecular weight is 218 g/mol. The quantitative estimate of drug-likeness (QED) is 0.695. The molecular weight excluding hydrogens is 212 g/mol. The number of hydrogen-bond donors (Lipinski definition) is 2. The van der Waals surface area contributed by atoms with Crippen LogP contribution in [0.4, 0.5) is 0 Å². The van der Waals surface area contributed by atoms with Crippen LogP contribution in [0.2, 0.25) is 0 Å². The molecule has 2 rings (SSSR count). The second-order valence-corrected chi connectivity index (χ2v) is 3.95. The van der Waals surface area contributed by atoms with Crippen LogP contribution in [0, 0.1) is 0 Å². The predicted molar refractivity (Wildman–Crippen MR) is 48.1 cm³/mol. The van der Waals surface area contributed by atoms with Crippen LogP contribution in [-0.4, -0.2) is 36.3 Å². The maximum absolute atomic E-state index is 3.86. The minimum absolute atomic E-state index is 0. The Kier molecular flexibility index (Phi) is 3.73. The van der Waals surface area contributed by atoms with E-state index in [0.29, 0.717) is 0 Å². The molecule has 0 atom stereocenters. The van der Waals surface area contributed by atoms with Gasteiger partial charge in [0.15, 0.2) is 0 Å². The molecule has 0 unspecified atom stereocenters. The fourth-order valence-electron chi connectivity index (χ4n) is 0.548. The van der Waals surface area contributed by atoms with Crippen molar-refractivity contribution in [1.29, 1.82) is 0 Å². The molecule has 0 saturated heterocycles. The molecule has 0 spiro atoms. The van der Waals surface area contributed by atoms with E-state index in [9.17, 15) is 0 Å². The SMILES string of the molecule is O.c1n[nH]nc1SSc1cn[nH]n1. The summed E-state index contributed by atoms with van der Waals surface area (Å²) < 4.78 is 0. The smallest absolute Gasteiger partial charge is 0.149 e. The van der Waals surface area contributed by atoms with Crippen LogP contribution in [0.5, 0.6) is 0 Å². The van der Waals surface area contributed by atoms with Gasteiger partial charge >= 0.3 is 0 Å². The maximum atomic E-state index is 3.86. The number of nitrogens with one attached hydrogen (secondary N) is 2. The summed E-state index contributed by atoms with van der Waals surface area (Å²) in [4.78, 5) is 0. The minimum atomic E-state index is 0. The summed E-state index contributed by atoms with van der Waals surface area (Å²) >= 11 is 0. The van der Waals surface area contributed by atoms with Gasteiger partial charge in [0.2, 0.25) is 0 Å². The van der Waals surface area contributed by atoms with Crippen LogP contribution in [-0.2, 0) is 0 Å². The molecule has 2 aromatic heterocycles. The lowest BCUT2D eigenvalue weighted by Gasteiger charge is -1.88. The zero-order valence-electron chi connectivity index (χ0n) is 6.26. The number of rotatable bonds is 3. The maximum Gasteiger partial charge on any atom is 0.149 e. The lowest BCUT2D eigenvalue weighted by Crippen LogP contribution is -1.70.